The summed E-state index contributed by atoms with van der Waals surface area (Å²) in [5, 5.41) is 0. The van der Waals surface area contributed by atoms with Gasteiger partial charge in [0.25, 0.3) is 0 Å². The molecule has 2 rings (SSSR count). The number of nitrogens with zero attached hydrogens (tertiary/aromatic N) is 1. The largest absolute Gasteiger partial charge is 0.383 e. The minimum Gasteiger partial charge on any atom is -0.383 e. The average molecular weight is 207 g/mol. The second kappa shape index (κ2) is 4.62. The van der Waals surface area contributed by atoms with Crippen LogP contribution in [-0.2, 0) is 17.7 Å². The molecule has 3 heteroatoms. The van der Waals surface area contributed by atoms with Gasteiger partial charge in [0.15, 0.2) is 5.78 Å². The summed E-state index contributed by atoms with van der Waals surface area (Å²) in [6.07, 6.45) is 7.99. The normalized spacial score (nSPS) is 16.2. The summed E-state index contributed by atoms with van der Waals surface area (Å²) in [6.45, 7) is 1.53. The van der Waals surface area contributed by atoms with Crippen LogP contribution >= 0.6 is 0 Å². The van der Waals surface area contributed by atoms with Crippen LogP contribution < -0.4 is 0 Å². The smallest absolute Gasteiger partial charge is 0.164 e. The van der Waals surface area contributed by atoms with E-state index >= 15 is 0 Å². The van der Waals surface area contributed by atoms with E-state index in [4.69, 9.17) is 4.74 Å². The lowest BCUT2D eigenvalue weighted by Crippen LogP contribution is -2.02. The number of aromatic nitrogens is 1. The van der Waals surface area contributed by atoms with Crippen molar-refractivity contribution in [1.29, 1.82) is 0 Å². The molecule has 1 aromatic heterocycles. The van der Waals surface area contributed by atoms with Crippen molar-refractivity contribution in [2.24, 2.45) is 0 Å². The molecule has 0 spiro atoms. The van der Waals surface area contributed by atoms with Crippen molar-refractivity contribution < 1.29 is 9.53 Å². The lowest BCUT2D eigenvalue weighted by atomic mass is 10.1. The number of Topliss-reactive ketones (excluding diaryl/α,β-unsaturated/α-hetero) is 1. The number of carbonyl (C=O) groups is 1. The standard InChI is InChI=1S/C12H17NO2/c1-15-7-6-13-8-10-4-2-3-5-12(14)11(10)9-13/h8-9H,2-7H2,1H3. The van der Waals surface area contributed by atoms with E-state index < -0.39 is 0 Å². The number of ether oxygens (including phenoxy) is 1. The Balaban J connectivity index is 2.18. The molecular weight excluding hydrogens is 190 g/mol. The molecule has 0 aromatic carbocycles. The predicted molar refractivity (Wildman–Crippen MR) is 58.2 cm³/mol. The Morgan fingerprint density at radius 1 is 1.33 bits per heavy atom. The maximum absolute atomic E-state index is 11.7. The zero-order chi connectivity index (χ0) is 10.7. The highest BCUT2D eigenvalue weighted by molar-refractivity contribution is 5.97. The molecule has 0 bridgehead atoms. The number of ketones is 1. The molecule has 3 nitrogen and oxygen atoms in total. The van der Waals surface area contributed by atoms with E-state index in [2.05, 4.69) is 10.8 Å². The molecule has 0 fully saturated rings. The molecular formula is C12H17NO2. The Morgan fingerprint density at radius 3 is 2.93 bits per heavy atom. The minimum absolute atomic E-state index is 0.304. The zero-order valence-electron chi connectivity index (χ0n) is 9.16. The maximum Gasteiger partial charge on any atom is 0.164 e. The number of fused-ring (bicyclic) bond motifs is 1. The van der Waals surface area contributed by atoms with Crippen molar-refractivity contribution >= 4 is 5.78 Å². The van der Waals surface area contributed by atoms with E-state index in [-0.39, 0.29) is 0 Å². The molecule has 1 heterocycles. The van der Waals surface area contributed by atoms with Gasteiger partial charge >= 0.3 is 0 Å². The average Bonchev–Trinajstić information content (AvgIpc) is 2.57. The summed E-state index contributed by atoms with van der Waals surface area (Å²) in [7, 11) is 1.69. The molecule has 0 radical (unpaired) electrons. The van der Waals surface area contributed by atoms with Gasteiger partial charge in [0.1, 0.15) is 0 Å². The molecule has 1 aliphatic carbocycles. The number of hydrogen-bond acceptors (Lipinski definition) is 2. The molecule has 0 saturated carbocycles. The van der Waals surface area contributed by atoms with E-state index in [0.29, 0.717) is 18.8 Å². The van der Waals surface area contributed by atoms with Gasteiger partial charge < -0.3 is 9.30 Å². The van der Waals surface area contributed by atoms with Crippen LogP contribution in [0.15, 0.2) is 12.4 Å². The first-order valence-electron chi connectivity index (χ1n) is 5.52. The van der Waals surface area contributed by atoms with Crippen molar-refractivity contribution in [3.05, 3.63) is 23.5 Å². The molecule has 0 saturated heterocycles. The lowest BCUT2D eigenvalue weighted by Gasteiger charge is -2.00. The van der Waals surface area contributed by atoms with Crippen molar-refractivity contribution in [2.75, 3.05) is 13.7 Å². The van der Waals surface area contributed by atoms with E-state index in [0.717, 1.165) is 31.4 Å². The minimum atomic E-state index is 0.304. The number of carbonyl (C=O) groups excluding carboxylic acids is 1. The fraction of sp³-hybridized carbons (Fsp3) is 0.583. The highest BCUT2D eigenvalue weighted by atomic mass is 16.5. The second-order valence-corrected chi connectivity index (χ2v) is 4.06. The Morgan fingerprint density at radius 2 is 2.13 bits per heavy atom. The number of hydrogen-bond donors (Lipinski definition) is 0. The summed E-state index contributed by atoms with van der Waals surface area (Å²) >= 11 is 0. The molecule has 1 aliphatic rings. The summed E-state index contributed by atoms with van der Waals surface area (Å²) in [5.74, 6) is 0.304. The first-order chi connectivity index (χ1) is 7.31. The van der Waals surface area contributed by atoms with Gasteiger partial charge in [0.05, 0.1) is 6.61 Å². The first kappa shape index (κ1) is 10.4. The summed E-state index contributed by atoms with van der Waals surface area (Å²) in [5.41, 5.74) is 2.15. The third-order valence-corrected chi connectivity index (χ3v) is 2.92. The fourth-order valence-corrected chi connectivity index (χ4v) is 2.07. The van der Waals surface area contributed by atoms with Gasteiger partial charge in [0, 0.05) is 38.0 Å². The van der Waals surface area contributed by atoms with E-state index in [1.54, 1.807) is 7.11 Å². The number of aryl methyl sites for hydroxylation is 1. The Labute approximate surface area is 90.0 Å². The highest BCUT2D eigenvalue weighted by Gasteiger charge is 2.17. The van der Waals surface area contributed by atoms with Gasteiger partial charge in [0.2, 0.25) is 0 Å². The third-order valence-electron chi connectivity index (χ3n) is 2.92. The van der Waals surface area contributed by atoms with Crippen molar-refractivity contribution in [2.45, 2.75) is 32.2 Å². The summed E-state index contributed by atoms with van der Waals surface area (Å²) < 4.78 is 7.09. The predicted octanol–water partition coefficient (Wildman–Crippen LogP) is 2.04. The van der Waals surface area contributed by atoms with Gasteiger partial charge in [-0.25, -0.2) is 0 Å². The molecule has 15 heavy (non-hydrogen) atoms. The lowest BCUT2D eigenvalue weighted by molar-refractivity contribution is 0.0981. The van der Waals surface area contributed by atoms with Crippen molar-refractivity contribution in [3.63, 3.8) is 0 Å². The molecule has 0 atom stereocenters. The maximum atomic E-state index is 11.7. The second-order valence-electron chi connectivity index (χ2n) is 4.06. The SMILES string of the molecule is COCCn1cc2c(c1)C(=O)CCCC2. The fourth-order valence-electron chi connectivity index (χ4n) is 2.07. The van der Waals surface area contributed by atoms with Gasteiger partial charge in [-0.15, -0.1) is 0 Å². The van der Waals surface area contributed by atoms with Crippen LogP contribution in [-0.4, -0.2) is 24.1 Å². The monoisotopic (exact) mass is 207 g/mol. The Bertz CT molecular complexity index is 355. The van der Waals surface area contributed by atoms with Crippen LogP contribution in [0.1, 0.15) is 35.2 Å². The van der Waals surface area contributed by atoms with Crippen molar-refractivity contribution in [1.82, 2.24) is 4.57 Å². The highest BCUT2D eigenvalue weighted by Crippen LogP contribution is 2.21. The van der Waals surface area contributed by atoms with Crippen LogP contribution in [0.2, 0.25) is 0 Å². The van der Waals surface area contributed by atoms with Gasteiger partial charge in [-0.05, 0) is 24.8 Å². The number of rotatable bonds is 3. The van der Waals surface area contributed by atoms with E-state index in [1.807, 2.05) is 6.20 Å². The summed E-state index contributed by atoms with van der Waals surface area (Å²) in [4.78, 5) is 11.7. The molecule has 82 valence electrons. The molecule has 0 N–H and O–H groups in total. The van der Waals surface area contributed by atoms with Gasteiger partial charge in [-0.1, -0.05) is 0 Å². The van der Waals surface area contributed by atoms with Crippen LogP contribution in [0, 0.1) is 0 Å². The number of methoxy groups -OCH3 is 1. The topological polar surface area (TPSA) is 31.2 Å². The third kappa shape index (κ3) is 2.29. The summed E-state index contributed by atoms with van der Waals surface area (Å²) in [6, 6.07) is 0. The van der Waals surface area contributed by atoms with E-state index in [9.17, 15) is 4.79 Å². The first-order valence-corrected chi connectivity index (χ1v) is 5.52. The van der Waals surface area contributed by atoms with Crippen LogP contribution in [0.4, 0.5) is 0 Å². The Kier molecular flexibility index (Phi) is 3.21. The van der Waals surface area contributed by atoms with Crippen molar-refractivity contribution in [3.8, 4) is 0 Å². The molecule has 0 unspecified atom stereocenters. The van der Waals surface area contributed by atoms with E-state index in [1.165, 1.54) is 5.56 Å². The molecule has 0 aliphatic heterocycles. The quantitative estimate of drug-likeness (QED) is 0.710. The zero-order valence-corrected chi connectivity index (χ0v) is 9.16. The molecule has 0 amide bonds. The molecule has 1 aromatic rings. The van der Waals surface area contributed by atoms with Crippen LogP contribution in [0.25, 0.3) is 0 Å². The van der Waals surface area contributed by atoms with Crippen LogP contribution in [0.3, 0.4) is 0 Å². The van der Waals surface area contributed by atoms with Gasteiger partial charge in [-0.2, -0.15) is 0 Å². The van der Waals surface area contributed by atoms with Gasteiger partial charge in [-0.3, -0.25) is 4.79 Å². The van der Waals surface area contributed by atoms with Crippen LogP contribution in [0.5, 0.6) is 0 Å². The Hall–Kier alpha value is -1.09.